The molecule has 5 heteroatoms. The smallest absolute Gasteiger partial charge is 0.188 e. The number of aldehydes is 1. The highest BCUT2D eigenvalue weighted by Crippen LogP contribution is 2.26. The average Bonchev–Trinajstić information content (AvgIpc) is 2.25. The quantitative estimate of drug-likeness (QED) is 0.552. The van der Waals surface area contributed by atoms with Crippen LogP contribution in [0, 0.1) is 5.82 Å². The third kappa shape index (κ3) is 2.66. The van der Waals surface area contributed by atoms with Crippen LogP contribution in [-0.2, 0) is 4.74 Å². The van der Waals surface area contributed by atoms with Crippen LogP contribution in [0.2, 0.25) is 0 Å². The summed E-state index contributed by atoms with van der Waals surface area (Å²) >= 11 is 0. The van der Waals surface area contributed by atoms with Gasteiger partial charge in [-0.3, -0.25) is 4.79 Å². The molecule has 0 aliphatic carbocycles. The van der Waals surface area contributed by atoms with Crippen molar-refractivity contribution >= 4 is 6.29 Å². The summed E-state index contributed by atoms with van der Waals surface area (Å²) in [6.45, 7) is -0.0621. The third-order valence-corrected chi connectivity index (χ3v) is 1.75. The van der Waals surface area contributed by atoms with Crippen molar-refractivity contribution in [3.05, 3.63) is 23.5 Å². The van der Waals surface area contributed by atoms with Gasteiger partial charge in [0.25, 0.3) is 0 Å². The van der Waals surface area contributed by atoms with Gasteiger partial charge in [-0.05, 0) is 0 Å². The predicted octanol–water partition coefficient (Wildman–Crippen LogP) is 1.63. The van der Waals surface area contributed by atoms with Crippen molar-refractivity contribution in [1.29, 1.82) is 0 Å². The Balaban J connectivity index is 3.07. The van der Waals surface area contributed by atoms with E-state index in [2.05, 4.69) is 4.74 Å². The van der Waals surface area contributed by atoms with E-state index in [1.165, 1.54) is 20.3 Å². The molecule has 1 aromatic rings. The van der Waals surface area contributed by atoms with Crippen LogP contribution in [0.3, 0.4) is 0 Å². The number of hydrogen-bond donors (Lipinski definition) is 0. The van der Waals surface area contributed by atoms with Crippen molar-refractivity contribution in [2.75, 3.05) is 21.0 Å². The minimum absolute atomic E-state index is 0.0621. The Morgan fingerprint density at radius 2 is 2.13 bits per heavy atom. The molecule has 1 rings (SSSR count). The van der Waals surface area contributed by atoms with Gasteiger partial charge in [0.1, 0.15) is 17.3 Å². The second-order valence-corrected chi connectivity index (χ2v) is 2.69. The summed E-state index contributed by atoms with van der Waals surface area (Å²) in [5.74, 6) is -0.302. The van der Waals surface area contributed by atoms with Crippen LogP contribution in [-0.4, -0.2) is 27.3 Å². The lowest BCUT2D eigenvalue weighted by atomic mass is 10.2. The molecule has 0 bridgehead atoms. The maximum absolute atomic E-state index is 13.3. The lowest BCUT2D eigenvalue weighted by Crippen LogP contribution is -2.03. The van der Waals surface area contributed by atoms with Crippen LogP contribution >= 0.6 is 0 Å². The van der Waals surface area contributed by atoms with Crippen molar-refractivity contribution in [3.8, 4) is 11.5 Å². The van der Waals surface area contributed by atoms with Crippen LogP contribution in [0.25, 0.3) is 0 Å². The third-order valence-electron chi connectivity index (χ3n) is 1.75. The fourth-order valence-corrected chi connectivity index (χ4v) is 1.04. The SMILES string of the molecule is COCOc1cc(OC)cc(F)c1C=O. The number of ether oxygens (including phenoxy) is 3. The molecule has 82 valence electrons. The van der Waals surface area contributed by atoms with Crippen molar-refractivity contribution in [2.45, 2.75) is 0 Å². The van der Waals surface area contributed by atoms with Crippen molar-refractivity contribution in [2.24, 2.45) is 0 Å². The van der Waals surface area contributed by atoms with E-state index in [1.807, 2.05) is 0 Å². The zero-order valence-electron chi connectivity index (χ0n) is 8.45. The van der Waals surface area contributed by atoms with E-state index in [0.717, 1.165) is 6.07 Å². The summed E-state index contributed by atoms with van der Waals surface area (Å²) in [7, 11) is 2.83. The molecule has 0 saturated heterocycles. The molecule has 1 aromatic carbocycles. The Bertz CT molecular complexity index is 352. The van der Waals surface area contributed by atoms with E-state index < -0.39 is 5.82 Å². The molecule has 0 saturated carbocycles. The number of hydrogen-bond acceptors (Lipinski definition) is 4. The molecule has 15 heavy (non-hydrogen) atoms. The first-order chi connectivity index (χ1) is 7.22. The van der Waals surface area contributed by atoms with Crippen LogP contribution in [0.4, 0.5) is 4.39 Å². The lowest BCUT2D eigenvalue weighted by Gasteiger charge is -2.09. The van der Waals surface area contributed by atoms with Gasteiger partial charge in [0, 0.05) is 19.2 Å². The monoisotopic (exact) mass is 214 g/mol. The Labute approximate surface area is 86.6 Å². The second kappa shape index (κ2) is 5.31. The fraction of sp³-hybridized carbons (Fsp3) is 0.300. The van der Waals surface area contributed by atoms with Crippen LogP contribution in [0.15, 0.2) is 12.1 Å². The van der Waals surface area contributed by atoms with E-state index in [1.54, 1.807) is 0 Å². The van der Waals surface area contributed by atoms with Crippen molar-refractivity contribution in [1.82, 2.24) is 0 Å². The standard InChI is InChI=1S/C10H11FO4/c1-13-6-15-10-4-7(14-2)3-9(11)8(10)5-12/h3-5H,6H2,1-2H3. The van der Waals surface area contributed by atoms with Gasteiger partial charge in [-0.15, -0.1) is 0 Å². The van der Waals surface area contributed by atoms with Gasteiger partial charge >= 0.3 is 0 Å². The minimum Gasteiger partial charge on any atom is -0.497 e. The van der Waals surface area contributed by atoms with Gasteiger partial charge in [-0.25, -0.2) is 4.39 Å². The van der Waals surface area contributed by atoms with E-state index in [9.17, 15) is 9.18 Å². The van der Waals surface area contributed by atoms with Gasteiger partial charge in [-0.2, -0.15) is 0 Å². The van der Waals surface area contributed by atoms with Gasteiger partial charge < -0.3 is 14.2 Å². The average molecular weight is 214 g/mol. The van der Waals surface area contributed by atoms with Gasteiger partial charge in [-0.1, -0.05) is 0 Å². The first-order valence-corrected chi connectivity index (χ1v) is 4.17. The Hall–Kier alpha value is -1.62. The first kappa shape index (κ1) is 11.5. The van der Waals surface area contributed by atoms with Gasteiger partial charge in [0.2, 0.25) is 0 Å². The summed E-state index contributed by atoms with van der Waals surface area (Å²) in [6.07, 6.45) is 0.389. The van der Waals surface area contributed by atoms with Gasteiger partial charge in [0.05, 0.1) is 12.7 Å². The molecule has 0 radical (unpaired) electrons. The molecular formula is C10H11FO4. The highest BCUT2D eigenvalue weighted by Gasteiger charge is 2.11. The largest absolute Gasteiger partial charge is 0.497 e. The van der Waals surface area contributed by atoms with Crippen molar-refractivity contribution < 1.29 is 23.4 Å². The van der Waals surface area contributed by atoms with Crippen LogP contribution < -0.4 is 9.47 Å². The summed E-state index contributed by atoms with van der Waals surface area (Å²) in [6, 6.07) is 2.54. The number of benzene rings is 1. The van der Waals surface area contributed by atoms with E-state index in [-0.39, 0.29) is 23.9 Å². The summed E-state index contributed by atoms with van der Waals surface area (Å²) < 4.78 is 27.8. The number of carbonyl (C=O) groups excluding carboxylic acids is 1. The highest BCUT2D eigenvalue weighted by molar-refractivity contribution is 5.80. The van der Waals surface area contributed by atoms with Crippen LogP contribution in [0.5, 0.6) is 11.5 Å². The second-order valence-electron chi connectivity index (χ2n) is 2.69. The molecule has 0 aliphatic rings. The first-order valence-electron chi connectivity index (χ1n) is 4.17. The molecule has 0 aromatic heterocycles. The Morgan fingerprint density at radius 3 is 2.67 bits per heavy atom. The molecule has 0 fully saturated rings. The minimum atomic E-state index is -0.685. The zero-order chi connectivity index (χ0) is 11.3. The van der Waals surface area contributed by atoms with E-state index in [4.69, 9.17) is 9.47 Å². The maximum Gasteiger partial charge on any atom is 0.188 e. The molecule has 4 nitrogen and oxygen atoms in total. The summed E-state index contributed by atoms with van der Waals surface area (Å²) in [5, 5.41) is 0. The molecule has 0 spiro atoms. The van der Waals surface area contributed by atoms with Crippen molar-refractivity contribution in [3.63, 3.8) is 0 Å². The molecule has 0 aliphatic heterocycles. The maximum atomic E-state index is 13.3. The predicted molar refractivity (Wildman–Crippen MR) is 50.8 cm³/mol. The molecule has 0 atom stereocenters. The zero-order valence-corrected chi connectivity index (χ0v) is 8.45. The lowest BCUT2D eigenvalue weighted by molar-refractivity contribution is 0.0501. The number of rotatable bonds is 5. The molecule has 0 amide bonds. The van der Waals surface area contributed by atoms with Gasteiger partial charge in [0.15, 0.2) is 13.1 Å². The summed E-state index contributed by atoms with van der Waals surface area (Å²) in [5.41, 5.74) is -0.146. The molecule has 0 heterocycles. The molecule has 0 N–H and O–H groups in total. The number of carbonyl (C=O) groups is 1. The Kier molecular flexibility index (Phi) is 4.05. The van der Waals surface area contributed by atoms with E-state index in [0.29, 0.717) is 6.29 Å². The highest BCUT2D eigenvalue weighted by atomic mass is 19.1. The van der Waals surface area contributed by atoms with E-state index >= 15 is 0 Å². The Morgan fingerprint density at radius 1 is 1.40 bits per heavy atom. The molecule has 0 unspecified atom stereocenters. The molecular weight excluding hydrogens is 203 g/mol. The normalized spacial score (nSPS) is 9.80. The fourth-order valence-electron chi connectivity index (χ4n) is 1.04. The number of halogens is 1. The topological polar surface area (TPSA) is 44.8 Å². The summed E-state index contributed by atoms with van der Waals surface area (Å²) in [4.78, 5) is 10.6. The number of methoxy groups -OCH3 is 2. The van der Waals surface area contributed by atoms with Crippen LogP contribution in [0.1, 0.15) is 10.4 Å².